The predicted octanol–water partition coefficient (Wildman–Crippen LogP) is 6.37. The molecule has 0 fully saturated rings. The molecule has 1 heterocycles. The van der Waals surface area contributed by atoms with Gasteiger partial charge in [-0.2, -0.15) is 0 Å². The van der Waals surface area contributed by atoms with Crippen LogP contribution in [0.4, 0.5) is 0 Å². The zero-order chi connectivity index (χ0) is 13.5. The molecule has 0 aliphatic rings. The van der Waals surface area contributed by atoms with Crippen LogP contribution in [-0.2, 0) is 0 Å². The summed E-state index contributed by atoms with van der Waals surface area (Å²) in [6, 6.07) is 23.3. The van der Waals surface area contributed by atoms with Gasteiger partial charge in [0, 0.05) is 25.2 Å². The minimum Gasteiger partial charge on any atom is -0.135 e. The highest BCUT2D eigenvalue weighted by Gasteiger charge is 2.07. The Balaban J connectivity index is 1.98. The zero-order valence-electron chi connectivity index (χ0n) is 10.6. The van der Waals surface area contributed by atoms with E-state index in [2.05, 4.69) is 48.5 Å². The van der Waals surface area contributed by atoms with Crippen LogP contribution in [0.1, 0.15) is 0 Å². The van der Waals surface area contributed by atoms with Gasteiger partial charge in [-0.15, -0.1) is 11.3 Å². The molecular weight excluding hydrogens is 284 g/mol. The lowest BCUT2D eigenvalue weighted by molar-refractivity contribution is 1.66. The van der Waals surface area contributed by atoms with Crippen LogP contribution in [-0.4, -0.2) is 0 Å². The standard InChI is InChI=1S/C18H11ClS/c19-14-7-9-16-15-8-6-13(12-4-2-1-3-5-12)10-17(15)20-18(16)11-14/h1-11H. The van der Waals surface area contributed by atoms with Crippen molar-refractivity contribution in [2.75, 3.05) is 0 Å². The molecule has 0 radical (unpaired) electrons. The first-order chi connectivity index (χ1) is 9.81. The average molecular weight is 295 g/mol. The molecule has 3 aromatic carbocycles. The van der Waals surface area contributed by atoms with Crippen molar-refractivity contribution in [2.24, 2.45) is 0 Å². The molecule has 0 aliphatic heterocycles. The van der Waals surface area contributed by atoms with Gasteiger partial charge in [0.2, 0.25) is 0 Å². The number of thiophene rings is 1. The molecule has 2 heteroatoms. The summed E-state index contributed by atoms with van der Waals surface area (Å²) < 4.78 is 2.56. The van der Waals surface area contributed by atoms with Gasteiger partial charge in [-0.05, 0) is 29.3 Å². The molecule has 0 unspecified atom stereocenters. The summed E-state index contributed by atoms with van der Waals surface area (Å²) in [5, 5.41) is 3.39. The van der Waals surface area contributed by atoms with Gasteiger partial charge >= 0.3 is 0 Å². The summed E-state index contributed by atoms with van der Waals surface area (Å²) in [4.78, 5) is 0. The Kier molecular flexibility index (Phi) is 2.76. The normalized spacial score (nSPS) is 11.2. The lowest BCUT2D eigenvalue weighted by Crippen LogP contribution is -1.75. The van der Waals surface area contributed by atoms with Crippen LogP contribution in [0.5, 0.6) is 0 Å². The van der Waals surface area contributed by atoms with E-state index >= 15 is 0 Å². The van der Waals surface area contributed by atoms with Gasteiger partial charge in [-0.3, -0.25) is 0 Å². The van der Waals surface area contributed by atoms with Crippen LogP contribution in [0.2, 0.25) is 5.02 Å². The quantitative estimate of drug-likeness (QED) is 0.382. The first-order valence-electron chi connectivity index (χ1n) is 6.48. The second-order valence-electron chi connectivity index (χ2n) is 4.82. The minimum atomic E-state index is 0.798. The van der Waals surface area contributed by atoms with E-state index < -0.39 is 0 Å². The summed E-state index contributed by atoms with van der Waals surface area (Å²) in [5.41, 5.74) is 2.51. The van der Waals surface area contributed by atoms with Crippen molar-refractivity contribution in [3.8, 4) is 11.1 Å². The minimum absolute atomic E-state index is 0.798. The Bertz CT molecular complexity index is 907. The van der Waals surface area contributed by atoms with Crippen molar-refractivity contribution in [3.05, 3.63) is 71.8 Å². The van der Waals surface area contributed by atoms with Crippen LogP contribution in [0, 0.1) is 0 Å². The lowest BCUT2D eigenvalue weighted by Gasteiger charge is -2.01. The summed E-state index contributed by atoms with van der Waals surface area (Å²) in [5.74, 6) is 0. The van der Waals surface area contributed by atoms with E-state index in [-0.39, 0.29) is 0 Å². The van der Waals surface area contributed by atoms with Crippen molar-refractivity contribution in [1.82, 2.24) is 0 Å². The lowest BCUT2D eigenvalue weighted by atomic mass is 10.0. The molecule has 0 spiro atoms. The highest BCUT2D eigenvalue weighted by molar-refractivity contribution is 7.25. The SMILES string of the molecule is Clc1ccc2c(c1)sc1cc(-c3ccccc3)ccc12. The van der Waals surface area contributed by atoms with E-state index in [4.69, 9.17) is 11.6 Å². The first-order valence-corrected chi connectivity index (χ1v) is 7.68. The van der Waals surface area contributed by atoms with Crippen LogP contribution in [0.15, 0.2) is 66.7 Å². The predicted molar refractivity (Wildman–Crippen MR) is 89.8 cm³/mol. The first kappa shape index (κ1) is 12.0. The maximum atomic E-state index is 6.08. The fourth-order valence-electron chi connectivity index (χ4n) is 2.56. The highest BCUT2D eigenvalue weighted by atomic mass is 35.5. The Morgan fingerprint density at radius 1 is 0.650 bits per heavy atom. The Hall–Kier alpha value is -1.83. The zero-order valence-corrected chi connectivity index (χ0v) is 12.2. The molecule has 20 heavy (non-hydrogen) atoms. The van der Waals surface area contributed by atoms with E-state index in [1.54, 1.807) is 11.3 Å². The van der Waals surface area contributed by atoms with Gasteiger partial charge in [0.15, 0.2) is 0 Å². The average Bonchev–Trinajstić information content (AvgIpc) is 2.84. The maximum Gasteiger partial charge on any atom is 0.0420 e. The molecule has 0 saturated heterocycles. The largest absolute Gasteiger partial charge is 0.135 e. The fourth-order valence-corrected chi connectivity index (χ4v) is 3.98. The Morgan fingerprint density at radius 2 is 1.35 bits per heavy atom. The third kappa shape index (κ3) is 1.91. The number of halogens is 1. The second-order valence-corrected chi connectivity index (χ2v) is 6.34. The van der Waals surface area contributed by atoms with Gasteiger partial charge in [-0.1, -0.05) is 60.1 Å². The van der Waals surface area contributed by atoms with Crippen LogP contribution in [0.25, 0.3) is 31.3 Å². The molecule has 0 amide bonds. The highest BCUT2D eigenvalue weighted by Crippen LogP contribution is 2.37. The van der Waals surface area contributed by atoms with Gasteiger partial charge in [0.1, 0.15) is 0 Å². The van der Waals surface area contributed by atoms with Gasteiger partial charge in [0.25, 0.3) is 0 Å². The summed E-state index contributed by atoms with van der Waals surface area (Å²) >= 11 is 7.88. The van der Waals surface area contributed by atoms with E-state index in [1.807, 2.05) is 18.2 Å². The summed E-state index contributed by atoms with van der Waals surface area (Å²) in [6.45, 7) is 0. The number of rotatable bonds is 1. The van der Waals surface area contributed by atoms with Crippen LogP contribution >= 0.6 is 22.9 Å². The molecule has 0 atom stereocenters. The molecule has 0 nitrogen and oxygen atoms in total. The van der Waals surface area contributed by atoms with Crippen LogP contribution in [0.3, 0.4) is 0 Å². The number of benzene rings is 3. The third-order valence-electron chi connectivity index (χ3n) is 3.54. The number of fused-ring (bicyclic) bond motifs is 3. The van der Waals surface area contributed by atoms with E-state index in [9.17, 15) is 0 Å². The molecule has 0 saturated carbocycles. The Labute approximate surface area is 126 Å². The molecule has 0 aliphatic carbocycles. The number of hydrogen-bond acceptors (Lipinski definition) is 1. The fraction of sp³-hybridized carbons (Fsp3) is 0. The summed E-state index contributed by atoms with van der Waals surface area (Å²) in [6.07, 6.45) is 0. The van der Waals surface area contributed by atoms with E-state index in [1.165, 1.54) is 31.3 Å². The second kappa shape index (κ2) is 4.62. The van der Waals surface area contributed by atoms with Crippen molar-refractivity contribution in [2.45, 2.75) is 0 Å². The summed E-state index contributed by atoms with van der Waals surface area (Å²) in [7, 11) is 0. The molecule has 0 N–H and O–H groups in total. The number of hydrogen-bond donors (Lipinski definition) is 0. The van der Waals surface area contributed by atoms with E-state index in [0.29, 0.717) is 0 Å². The van der Waals surface area contributed by atoms with Crippen LogP contribution < -0.4 is 0 Å². The molecule has 0 bridgehead atoms. The van der Waals surface area contributed by atoms with Gasteiger partial charge in [0.05, 0.1) is 0 Å². The maximum absolute atomic E-state index is 6.08. The monoisotopic (exact) mass is 294 g/mol. The molecular formula is C18H11ClS. The van der Waals surface area contributed by atoms with E-state index in [0.717, 1.165) is 5.02 Å². The molecule has 4 aromatic rings. The molecule has 96 valence electrons. The molecule has 1 aromatic heterocycles. The van der Waals surface area contributed by atoms with Crippen molar-refractivity contribution >= 4 is 43.1 Å². The smallest absolute Gasteiger partial charge is 0.0420 e. The van der Waals surface area contributed by atoms with Crippen molar-refractivity contribution in [1.29, 1.82) is 0 Å². The Morgan fingerprint density at radius 3 is 2.15 bits per heavy atom. The molecule has 4 rings (SSSR count). The third-order valence-corrected chi connectivity index (χ3v) is 4.89. The van der Waals surface area contributed by atoms with Gasteiger partial charge < -0.3 is 0 Å². The van der Waals surface area contributed by atoms with Gasteiger partial charge in [-0.25, -0.2) is 0 Å². The van der Waals surface area contributed by atoms with Crippen molar-refractivity contribution in [3.63, 3.8) is 0 Å². The van der Waals surface area contributed by atoms with Crippen molar-refractivity contribution < 1.29 is 0 Å². The topological polar surface area (TPSA) is 0 Å².